The largest absolute Gasteiger partial charge is 0.497 e. The molecule has 1 aromatic heterocycles. The zero-order valence-electron chi connectivity index (χ0n) is 17.5. The summed E-state index contributed by atoms with van der Waals surface area (Å²) in [5.41, 5.74) is -1.36. The first-order chi connectivity index (χ1) is 15.1. The van der Waals surface area contributed by atoms with Crippen LogP contribution in [-0.4, -0.2) is 66.6 Å². The summed E-state index contributed by atoms with van der Waals surface area (Å²) >= 11 is 0. The first-order valence-corrected chi connectivity index (χ1v) is 9.71. The van der Waals surface area contributed by atoms with Crippen molar-refractivity contribution in [3.8, 4) is 11.5 Å². The molecule has 32 heavy (non-hydrogen) atoms. The summed E-state index contributed by atoms with van der Waals surface area (Å²) in [4.78, 5) is 40.3. The molecule has 8 nitrogen and oxygen atoms in total. The zero-order valence-corrected chi connectivity index (χ0v) is 17.5. The Labute approximate surface area is 181 Å². The molecule has 172 valence electrons. The number of rotatable bonds is 5. The van der Waals surface area contributed by atoms with Crippen molar-refractivity contribution in [2.75, 3.05) is 40.4 Å². The van der Waals surface area contributed by atoms with E-state index in [-0.39, 0.29) is 32.1 Å². The van der Waals surface area contributed by atoms with E-state index in [1.54, 1.807) is 23.1 Å². The van der Waals surface area contributed by atoms with Crippen molar-refractivity contribution in [3.63, 3.8) is 0 Å². The molecule has 0 spiro atoms. The van der Waals surface area contributed by atoms with Crippen molar-refractivity contribution in [1.29, 1.82) is 0 Å². The Morgan fingerprint density at radius 3 is 2.22 bits per heavy atom. The Bertz CT molecular complexity index is 1060. The fourth-order valence-corrected chi connectivity index (χ4v) is 3.37. The van der Waals surface area contributed by atoms with E-state index in [1.807, 2.05) is 0 Å². The summed E-state index contributed by atoms with van der Waals surface area (Å²) in [6, 6.07) is 6.30. The molecule has 1 aromatic carbocycles. The minimum Gasteiger partial charge on any atom is -0.497 e. The SMILES string of the molecule is COc1ccc(C(=O)N2CCN(C(=O)Cn3cc(C(F)(F)F)ccc3=O)CC2)c(OC)c1. The van der Waals surface area contributed by atoms with Crippen molar-refractivity contribution < 1.29 is 32.2 Å². The van der Waals surface area contributed by atoms with E-state index >= 15 is 0 Å². The van der Waals surface area contributed by atoms with Gasteiger partial charge in [-0.05, 0) is 18.2 Å². The van der Waals surface area contributed by atoms with E-state index in [9.17, 15) is 27.6 Å². The number of piperazine rings is 1. The Morgan fingerprint density at radius 1 is 0.969 bits per heavy atom. The number of pyridine rings is 1. The lowest BCUT2D eigenvalue weighted by atomic mass is 10.1. The summed E-state index contributed by atoms with van der Waals surface area (Å²) in [6.07, 6.45) is -3.98. The fraction of sp³-hybridized carbons (Fsp3) is 0.381. The van der Waals surface area contributed by atoms with E-state index in [1.165, 1.54) is 19.1 Å². The molecule has 2 amide bonds. The third kappa shape index (κ3) is 5.04. The van der Waals surface area contributed by atoms with Gasteiger partial charge in [0.2, 0.25) is 5.91 Å². The number of aromatic nitrogens is 1. The Hall–Kier alpha value is -3.50. The van der Waals surface area contributed by atoms with E-state index in [0.717, 1.165) is 10.6 Å². The Kier molecular flexibility index (Phi) is 6.75. The molecule has 0 N–H and O–H groups in total. The topological polar surface area (TPSA) is 81.1 Å². The molecular weight excluding hydrogens is 431 g/mol. The lowest BCUT2D eigenvalue weighted by Gasteiger charge is -2.35. The van der Waals surface area contributed by atoms with Gasteiger partial charge in [0, 0.05) is 44.5 Å². The van der Waals surface area contributed by atoms with Gasteiger partial charge in [0.1, 0.15) is 18.0 Å². The van der Waals surface area contributed by atoms with Gasteiger partial charge >= 0.3 is 6.18 Å². The van der Waals surface area contributed by atoms with Crippen LogP contribution in [0.4, 0.5) is 13.2 Å². The normalized spacial score (nSPS) is 14.3. The van der Waals surface area contributed by atoms with Crippen molar-refractivity contribution in [1.82, 2.24) is 14.4 Å². The second-order valence-corrected chi connectivity index (χ2v) is 7.12. The van der Waals surface area contributed by atoms with Gasteiger partial charge in [0.25, 0.3) is 11.5 Å². The van der Waals surface area contributed by atoms with Crippen molar-refractivity contribution >= 4 is 11.8 Å². The van der Waals surface area contributed by atoms with Crippen LogP contribution in [0.5, 0.6) is 11.5 Å². The van der Waals surface area contributed by atoms with Crippen molar-refractivity contribution in [2.24, 2.45) is 0 Å². The van der Waals surface area contributed by atoms with Crippen LogP contribution >= 0.6 is 0 Å². The molecule has 1 aliphatic rings. The Morgan fingerprint density at radius 2 is 1.62 bits per heavy atom. The van der Waals surface area contributed by atoms with Gasteiger partial charge in [0.05, 0.1) is 25.3 Å². The van der Waals surface area contributed by atoms with Crippen LogP contribution in [0.25, 0.3) is 0 Å². The minimum atomic E-state index is -4.62. The lowest BCUT2D eigenvalue weighted by Crippen LogP contribution is -2.51. The molecule has 0 bridgehead atoms. The minimum absolute atomic E-state index is 0.191. The van der Waals surface area contributed by atoms with Crippen LogP contribution in [-0.2, 0) is 17.5 Å². The lowest BCUT2D eigenvalue weighted by molar-refractivity contribution is -0.139. The molecule has 0 unspecified atom stereocenters. The van der Waals surface area contributed by atoms with Crippen LogP contribution in [0, 0.1) is 0 Å². The highest BCUT2D eigenvalue weighted by Gasteiger charge is 2.32. The zero-order chi connectivity index (χ0) is 23.5. The summed E-state index contributed by atoms with van der Waals surface area (Å²) in [5, 5.41) is 0. The molecule has 0 saturated carbocycles. The number of hydrogen-bond acceptors (Lipinski definition) is 5. The quantitative estimate of drug-likeness (QED) is 0.691. The molecular formula is C21H22F3N3O5. The summed E-state index contributed by atoms with van der Waals surface area (Å²) < 4.78 is 49.8. The van der Waals surface area contributed by atoms with Crippen LogP contribution in [0.15, 0.2) is 41.3 Å². The molecule has 11 heteroatoms. The third-order valence-electron chi connectivity index (χ3n) is 5.18. The standard InChI is InChI=1S/C21H22F3N3O5/c1-31-15-4-5-16(17(11-15)32-2)20(30)26-9-7-25(8-10-26)19(29)13-27-12-14(21(22,23)24)3-6-18(27)28/h3-6,11-12H,7-10,13H2,1-2H3. The monoisotopic (exact) mass is 453 g/mol. The van der Waals surface area contributed by atoms with E-state index < -0.39 is 29.8 Å². The molecule has 0 atom stereocenters. The first-order valence-electron chi connectivity index (χ1n) is 9.71. The number of alkyl halides is 3. The summed E-state index contributed by atoms with van der Waals surface area (Å²) in [5.74, 6) is 0.127. The molecule has 2 aromatic rings. The van der Waals surface area contributed by atoms with Crippen LogP contribution < -0.4 is 15.0 Å². The average molecular weight is 453 g/mol. The van der Waals surface area contributed by atoms with Crippen molar-refractivity contribution in [2.45, 2.75) is 12.7 Å². The molecule has 1 saturated heterocycles. The van der Waals surface area contributed by atoms with Gasteiger partial charge in [-0.15, -0.1) is 0 Å². The van der Waals surface area contributed by atoms with Gasteiger partial charge in [-0.2, -0.15) is 13.2 Å². The van der Waals surface area contributed by atoms with E-state index in [2.05, 4.69) is 0 Å². The molecule has 2 heterocycles. The second-order valence-electron chi connectivity index (χ2n) is 7.12. The van der Waals surface area contributed by atoms with Gasteiger partial charge in [-0.25, -0.2) is 0 Å². The fourth-order valence-electron chi connectivity index (χ4n) is 3.37. The van der Waals surface area contributed by atoms with Crippen LogP contribution in [0.1, 0.15) is 15.9 Å². The van der Waals surface area contributed by atoms with Gasteiger partial charge < -0.3 is 23.8 Å². The Balaban J connectivity index is 1.64. The predicted molar refractivity (Wildman–Crippen MR) is 108 cm³/mol. The van der Waals surface area contributed by atoms with E-state index in [4.69, 9.17) is 9.47 Å². The number of ether oxygens (including phenoxy) is 2. The number of benzene rings is 1. The number of hydrogen-bond donors (Lipinski definition) is 0. The smallest absolute Gasteiger partial charge is 0.417 e. The molecule has 0 aliphatic carbocycles. The number of methoxy groups -OCH3 is 2. The second kappa shape index (κ2) is 9.33. The number of carbonyl (C=O) groups excluding carboxylic acids is 2. The number of halogens is 3. The van der Waals surface area contributed by atoms with Crippen LogP contribution in [0.3, 0.4) is 0 Å². The highest BCUT2D eigenvalue weighted by Crippen LogP contribution is 2.28. The molecule has 0 radical (unpaired) electrons. The molecule has 1 aliphatic heterocycles. The number of amides is 2. The maximum absolute atomic E-state index is 12.9. The van der Waals surface area contributed by atoms with Gasteiger partial charge in [-0.3, -0.25) is 14.4 Å². The maximum Gasteiger partial charge on any atom is 0.417 e. The van der Waals surface area contributed by atoms with Crippen molar-refractivity contribution in [3.05, 3.63) is 58.0 Å². The number of nitrogens with zero attached hydrogens (tertiary/aromatic N) is 3. The first kappa shape index (κ1) is 23.2. The molecule has 1 fully saturated rings. The van der Waals surface area contributed by atoms with Crippen LogP contribution in [0.2, 0.25) is 0 Å². The van der Waals surface area contributed by atoms with Gasteiger partial charge in [0.15, 0.2) is 0 Å². The number of carbonyl (C=O) groups is 2. The summed E-state index contributed by atoms with van der Waals surface area (Å²) in [6.45, 7) is 0.338. The van der Waals surface area contributed by atoms with Gasteiger partial charge in [-0.1, -0.05) is 0 Å². The highest BCUT2D eigenvalue weighted by molar-refractivity contribution is 5.97. The average Bonchev–Trinajstić information content (AvgIpc) is 2.78. The highest BCUT2D eigenvalue weighted by atomic mass is 19.4. The summed E-state index contributed by atoms with van der Waals surface area (Å²) in [7, 11) is 2.94. The third-order valence-corrected chi connectivity index (χ3v) is 5.18. The maximum atomic E-state index is 12.9. The molecule has 3 rings (SSSR count). The predicted octanol–water partition coefficient (Wildman–Crippen LogP) is 1.87. The van der Waals surface area contributed by atoms with E-state index in [0.29, 0.717) is 29.3 Å².